The Balaban J connectivity index is 1.76. The summed E-state index contributed by atoms with van der Waals surface area (Å²) in [4.78, 5) is 24.0. The van der Waals surface area contributed by atoms with Gasteiger partial charge in [-0.25, -0.2) is 9.07 Å². The summed E-state index contributed by atoms with van der Waals surface area (Å²) < 4.78 is 63.1. The highest BCUT2D eigenvalue weighted by Crippen LogP contribution is 2.32. The second-order valence-corrected chi connectivity index (χ2v) is 7.41. The molecule has 0 saturated carbocycles. The van der Waals surface area contributed by atoms with Gasteiger partial charge in [-0.1, -0.05) is 12.1 Å². The van der Waals surface area contributed by atoms with Crippen LogP contribution < -0.4 is 20.1 Å². The van der Waals surface area contributed by atoms with Gasteiger partial charge in [0.25, 0.3) is 0 Å². The van der Waals surface area contributed by atoms with Gasteiger partial charge in [0.1, 0.15) is 23.0 Å². The molecule has 2 amide bonds. The van der Waals surface area contributed by atoms with E-state index in [1.54, 1.807) is 0 Å². The van der Waals surface area contributed by atoms with Gasteiger partial charge < -0.3 is 20.1 Å². The third kappa shape index (κ3) is 5.11. The number of nitrogens with one attached hydrogen (secondary N) is 2. The number of rotatable bonds is 6. The minimum absolute atomic E-state index is 0.0146. The molecule has 1 aromatic heterocycles. The van der Waals surface area contributed by atoms with E-state index in [0.717, 1.165) is 22.9 Å². The molecule has 1 fully saturated rings. The lowest BCUT2D eigenvalue weighted by Gasteiger charge is -2.12. The van der Waals surface area contributed by atoms with Gasteiger partial charge in [0.05, 0.1) is 18.7 Å². The van der Waals surface area contributed by atoms with E-state index in [0.29, 0.717) is 5.75 Å². The Morgan fingerprint density at radius 1 is 1.18 bits per heavy atom. The van der Waals surface area contributed by atoms with Crippen molar-refractivity contribution in [1.82, 2.24) is 15.1 Å². The van der Waals surface area contributed by atoms with Crippen LogP contribution in [-0.2, 0) is 9.59 Å². The number of hydrogen-bond acceptors (Lipinski definition) is 5. The van der Waals surface area contributed by atoms with Gasteiger partial charge in [-0.15, -0.1) is 18.3 Å². The number of nitrogens with zero attached hydrogens (tertiary/aromatic N) is 2. The fourth-order valence-corrected chi connectivity index (χ4v) is 3.48. The normalized spacial score (nSPS) is 15.7. The second-order valence-electron chi connectivity index (χ2n) is 7.41. The molecule has 0 radical (unpaired) electrons. The van der Waals surface area contributed by atoms with Crippen molar-refractivity contribution in [1.29, 1.82) is 0 Å². The average Bonchev–Trinajstić information content (AvgIpc) is 3.39. The predicted molar refractivity (Wildman–Crippen MR) is 112 cm³/mol. The van der Waals surface area contributed by atoms with Gasteiger partial charge in [0.15, 0.2) is 5.82 Å². The van der Waals surface area contributed by atoms with E-state index < -0.39 is 29.8 Å². The zero-order valence-corrected chi connectivity index (χ0v) is 17.6. The van der Waals surface area contributed by atoms with E-state index in [9.17, 15) is 27.2 Å². The van der Waals surface area contributed by atoms with Crippen LogP contribution in [0.25, 0.3) is 16.9 Å². The Labute approximate surface area is 190 Å². The minimum Gasteiger partial charge on any atom is -0.497 e. The van der Waals surface area contributed by atoms with Crippen molar-refractivity contribution >= 4 is 17.6 Å². The zero-order chi connectivity index (χ0) is 24.5. The van der Waals surface area contributed by atoms with Gasteiger partial charge in [0.2, 0.25) is 11.8 Å². The maximum absolute atomic E-state index is 14.7. The topological polar surface area (TPSA) is 94.5 Å². The van der Waals surface area contributed by atoms with Crippen LogP contribution in [0.2, 0.25) is 0 Å². The van der Waals surface area contributed by atoms with Crippen LogP contribution in [0, 0.1) is 11.7 Å². The van der Waals surface area contributed by atoms with E-state index in [1.807, 2.05) is 0 Å². The Kier molecular flexibility index (Phi) is 6.14. The molecular formula is C22H18F4N4O4. The monoisotopic (exact) mass is 478 g/mol. The van der Waals surface area contributed by atoms with Crippen molar-refractivity contribution < 1.29 is 36.6 Å². The molecule has 0 aliphatic carbocycles. The highest BCUT2D eigenvalue weighted by molar-refractivity contribution is 5.97. The Hall–Kier alpha value is -4.09. The molecule has 2 aromatic carbocycles. The predicted octanol–water partition coefficient (Wildman–Crippen LogP) is 3.66. The molecule has 34 heavy (non-hydrogen) atoms. The zero-order valence-electron chi connectivity index (χ0n) is 17.6. The summed E-state index contributed by atoms with van der Waals surface area (Å²) >= 11 is 0. The van der Waals surface area contributed by atoms with Crippen molar-refractivity contribution in [2.45, 2.75) is 12.8 Å². The lowest BCUT2D eigenvalue weighted by Crippen LogP contribution is -2.24. The van der Waals surface area contributed by atoms with Crippen molar-refractivity contribution in [3.8, 4) is 28.4 Å². The molecule has 12 heteroatoms. The highest BCUT2D eigenvalue weighted by Gasteiger charge is 2.31. The fourth-order valence-electron chi connectivity index (χ4n) is 3.48. The molecule has 1 aliphatic rings. The Bertz CT molecular complexity index is 1240. The number of alkyl halides is 3. The number of halogens is 4. The third-order valence-corrected chi connectivity index (χ3v) is 5.05. The van der Waals surface area contributed by atoms with Crippen molar-refractivity contribution in [3.05, 3.63) is 54.3 Å². The van der Waals surface area contributed by atoms with Gasteiger partial charge in [-0.3, -0.25) is 9.59 Å². The van der Waals surface area contributed by atoms with E-state index >= 15 is 0 Å². The number of hydrogen-bond donors (Lipinski definition) is 2. The summed E-state index contributed by atoms with van der Waals surface area (Å²) in [5.41, 5.74) is 0.333. The number of ether oxygens (including phenoxy) is 2. The standard InChI is InChI=1S/C22H18F4N4O4/c1-33-14-5-6-16(23)18(9-14)30-17(12-3-2-4-15(7-12)34-22(24,25)26)10-19(29-30)28-21(32)13-8-20(31)27-11-13/h2-7,9-10,13H,8,11H2,1H3,(H,27,31)(H,28,29,32)/t13-/m0/s1. The number of anilines is 1. The lowest BCUT2D eigenvalue weighted by atomic mass is 10.1. The van der Waals surface area contributed by atoms with E-state index in [-0.39, 0.29) is 41.6 Å². The summed E-state index contributed by atoms with van der Waals surface area (Å²) in [5.74, 6) is -2.18. The van der Waals surface area contributed by atoms with Crippen LogP contribution in [0.15, 0.2) is 48.5 Å². The van der Waals surface area contributed by atoms with E-state index in [1.165, 1.54) is 37.4 Å². The molecule has 8 nitrogen and oxygen atoms in total. The molecule has 178 valence electrons. The highest BCUT2D eigenvalue weighted by atomic mass is 19.4. The Morgan fingerprint density at radius 2 is 1.97 bits per heavy atom. The molecule has 3 aromatic rings. The number of carbonyl (C=O) groups excluding carboxylic acids is 2. The summed E-state index contributed by atoms with van der Waals surface area (Å²) in [6.45, 7) is 0.166. The summed E-state index contributed by atoms with van der Waals surface area (Å²) in [7, 11) is 1.39. The number of amides is 2. The van der Waals surface area contributed by atoms with Crippen molar-refractivity contribution in [2.24, 2.45) is 5.92 Å². The van der Waals surface area contributed by atoms with Gasteiger partial charge in [0, 0.05) is 30.7 Å². The van der Waals surface area contributed by atoms with Crippen LogP contribution in [0.3, 0.4) is 0 Å². The Morgan fingerprint density at radius 3 is 2.65 bits per heavy atom. The molecule has 1 saturated heterocycles. The first-order valence-electron chi connectivity index (χ1n) is 10.0. The molecule has 4 rings (SSSR count). The van der Waals surface area contributed by atoms with Crippen LogP contribution in [-0.4, -0.2) is 41.6 Å². The molecule has 0 unspecified atom stereocenters. The molecule has 0 spiro atoms. The molecule has 2 heterocycles. The summed E-state index contributed by atoms with van der Waals surface area (Å²) in [5, 5.41) is 9.38. The maximum atomic E-state index is 14.7. The van der Waals surface area contributed by atoms with Crippen LogP contribution >= 0.6 is 0 Å². The fraction of sp³-hybridized carbons (Fsp3) is 0.227. The smallest absolute Gasteiger partial charge is 0.497 e. The first-order valence-corrected chi connectivity index (χ1v) is 10.0. The number of benzene rings is 2. The van der Waals surface area contributed by atoms with Gasteiger partial charge in [-0.2, -0.15) is 0 Å². The molecule has 1 aliphatic heterocycles. The molecule has 2 N–H and O–H groups in total. The van der Waals surface area contributed by atoms with E-state index in [2.05, 4.69) is 20.5 Å². The second kappa shape index (κ2) is 9.04. The summed E-state index contributed by atoms with van der Waals surface area (Å²) in [6, 6.07) is 10.3. The lowest BCUT2D eigenvalue weighted by molar-refractivity contribution is -0.274. The number of carbonyl (C=O) groups is 2. The average molecular weight is 478 g/mol. The first-order chi connectivity index (χ1) is 16.1. The maximum Gasteiger partial charge on any atom is 0.573 e. The van der Waals surface area contributed by atoms with Crippen LogP contribution in [0.1, 0.15) is 6.42 Å². The third-order valence-electron chi connectivity index (χ3n) is 5.05. The first kappa shape index (κ1) is 23.1. The molecule has 0 bridgehead atoms. The van der Waals surface area contributed by atoms with Crippen molar-refractivity contribution in [2.75, 3.05) is 19.0 Å². The van der Waals surface area contributed by atoms with Crippen LogP contribution in [0.5, 0.6) is 11.5 Å². The largest absolute Gasteiger partial charge is 0.573 e. The molecule has 1 atom stereocenters. The van der Waals surface area contributed by atoms with Gasteiger partial charge >= 0.3 is 6.36 Å². The van der Waals surface area contributed by atoms with Gasteiger partial charge in [-0.05, 0) is 24.3 Å². The number of methoxy groups -OCH3 is 1. The van der Waals surface area contributed by atoms with E-state index in [4.69, 9.17) is 4.74 Å². The quantitative estimate of drug-likeness (QED) is 0.528. The van der Waals surface area contributed by atoms with Crippen molar-refractivity contribution in [3.63, 3.8) is 0 Å². The molecular weight excluding hydrogens is 460 g/mol. The SMILES string of the molecule is COc1ccc(F)c(-n2nc(NC(=O)[C@@H]3CNC(=O)C3)cc2-c2cccc(OC(F)(F)F)c2)c1. The number of aromatic nitrogens is 2. The van der Waals surface area contributed by atoms with Crippen LogP contribution in [0.4, 0.5) is 23.4 Å². The minimum atomic E-state index is -4.90. The summed E-state index contributed by atoms with van der Waals surface area (Å²) in [6.07, 6.45) is -4.88.